The quantitative estimate of drug-likeness (QED) is 0.194. The van der Waals surface area contributed by atoms with Gasteiger partial charge in [0.2, 0.25) is 21.1 Å². The van der Waals surface area contributed by atoms with Crippen LogP contribution in [0.1, 0.15) is 5.56 Å². The van der Waals surface area contributed by atoms with E-state index >= 15 is 0 Å². The highest BCUT2D eigenvalue weighted by Gasteiger charge is 2.10. The molecule has 9 nitrogen and oxygen atoms in total. The number of hydrogen-bond donors (Lipinski definition) is 0. The third-order valence-electron chi connectivity index (χ3n) is 4.59. The van der Waals surface area contributed by atoms with Crippen molar-refractivity contribution in [2.24, 2.45) is 0 Å². The molecule has 0 spiro atoms. The Hall–Kier alpha value is -4.30. The van der Waals surface area contributed by atoms with Gasteiger partial charge in [0.15, 0.2) is 33.5 Å². The summed E-state index contributed by atoms with van der Waals surface area (Å²) in [5, 5.41) is 17.3. The van der Waals surface area contributed by atoms with Crippen molar-refractivity contribution < 1.29 is 0 Å². The normalized spacial score (nSPS) is 11.0. The number of benzene rings is 2. The van der Waals surface area contributed by atoms with E-state index in [9.17, 15) is 0 Å². The topological polar surface area (TPSA) is 129 Å². The molecule has 14 heteroatoms. The standard InChI is InChI=1S/C17H8ClN5.C7H3BrN.C3Cl3N3/c1-20-14-8-6-13(7-9-14)16-21-15(22-17(18)23-16)12-4-2-11(10-19)3-5-12;8-7-3-1-6(5-9)2-4-7;4-1-7-2(5)9-3(6)8-1/h2-9H;1-3H;/q;+1;. The van der Waals surface area contributed by atoms with Crippen LogP contribution in [-0.2, 0) is 0 Å². The van der Waals surface area contributed by atoms with Crippen molar-refractivity contribution in [1.82, 2.24) is 29.9 Å². The summed E-state index contributed by atoms with van der Waals surface area (Å²) in [6.45, 7) is 6.97. The first-order valence-corrected chi connectivity index (χ1v) is 13.2. The highest BCUT2D eigenvalue weighted by atomic mass is 79.9. The van der Waals surface area contributed by atoms with Gasteiger partial charge in [-0.1, -0.05) is 24.3 Å². The second-order valence-electron chi connectivity index (χ2n) is 7.28. The Morgan fingerprint density at radius 1 is 0.683 bits per heavy atom. The van der Waals surface area contributed by atoms with Gasteiger partial charge in [-0.2, -0.15) is 35.4 Å². The smallest absolute Gasteiger partial charge is 0.227 e. The molecule has 0 aliphatic heterocycles. The van der Waals surface area contributed by atoms with E-state index in [1.165, 1.54) is 0 Å². The van der Waals surface area contributed by atoms with Crippen LogP contribution < -0.4 is 0 Å². The molecule has 2 aromatic carbocycles. The molecule has 0 saturated heterocycles. The van der Waals surface area contributed by atoms with Crippen LogP contribution in [0, 0.1) is 35.3 Å². The second-order valence-corrected chi connectivity index (χ2v) is 9.49. The van der Waals surface area contributed by atoms with Gasteiger partial charge in [-0.25, -0.2) is 9.83 Å². The third kappa shape index (κ3) is 9.99. The number of rotatable bonds is 2. The Labute approximate surface area is 263 Å². The van der Waals surface area contributed by atoms with E-state index in [2.05, 4.69) is 62.8 Å². The third-order valence-corrected chi connectivity index (χ3v) is 5.76. The van der Waals surface area contributed by atoms with E-state index in [0.717, 1.165) is 15.6 Å². The molecule has 0 fully saturated rings. The van der Waals surface area contributed by atoms with Crippen LogP contribution in [0.2, 0.25) is 21.1 Å². The van der Waals surface area contributed by atoms with Crippen molar-refractivity contribution in [3.05, 3.63) is 121 Å². The molecule has 0 atom stereocenters. The van der Waals surface area contributed by atoms with Gasteiger partial charge >= 0.3 is 0 Å². The maximum atomic E-state index is 8.85. The lowest BCUT2D eigenvalue weighted by molar-refractivity contribution is 1.05. The Morgan fingerprint density at radius 2 is 1.17 bits per heavy atom. The first-order chi connectivity index (χ1) is 19.7. The van der Waals surface area contributed by atoms with Crippen LogP contribution >= 0.6 is 62.3 Å². The van der Waals surface area contributed by atoms with Crippen LogP contribution in [0.3, 0.4) is 0 Å². The highest BCUT2D eigenvalue weighted by molar-refractivity contribution is 9.11. The number of nitriles is 2. The largest absolute Gasteiger partial charge is 0.238 e. The molecule has 1 aliphatic rings. The molecule has 1 aliphatic carbocycles. The van der Waals surface area contributed by atoms with Gasteiger partial charge in [0.05, 0.1) is 36.4 Å². The zero-order valence-electron chi connectivity index (χ0n) is 20.3. The van der Waals surface area contributed by atoms with Crippen molar-refractivity contribution in [3.8, 4) is 34.9 Å². The van der Waals surface area contributed by atoms with Crippen LogP contribution in [0.15, 0.2) is 76.8 Å². The molecule has 0 N–H and O–H groups in total. The molecule has 4 aromatic rings. The summed E-state index contributed by atoms with van der Waals surface area (Å²) >= 11 is 25.2. The molecular formula is C27H11BrCl4N9+. The number of nitrogens with zero attached hydrogens (tertiary/aromatic N) is 9. The minimum absolute atomic E-state index is 0.000000000000000444. The van der Waals surface area contributed by atoms with Gasteiger partial charge in [-0.15, -0.1) is 0 Å². The Balaban J connectivity index is 0.000000210. The van der Waals surface area contributed by atoms with E-state index in [1.54, 1.807) is 66.8 Å². The van der Waals surface area contributed by atoms with Crippen LogP contribution in [0.5, 0.6) is 0 Å². The highest BCUT2D eigenvalue weighted by Crippen LogP contribution is 2.24. The molecule has 0 saturated carbocycles. The van der Waals surface area contributed by atoms with E-state index in [4.69, 9.17) is 63.5 Å². The van der Waals surface area contributed by atoms with Crippen LogP contribution in [0.4, 0.5) is 5.69 Å². The van der Waals surface area contributed by atoms with E-state index < -0.39 is 0 Å². The lowest BCUT2D eigenvalue weighted by Crippen LogP contribution is -1.97. The van der Waals surface area contributed by atoms with Crippen LogP contribution in [-0.4, -0.2) is 29.9 Å². The minimum Gasteiger partial charge on any atom is -0.238 e. The van der Waals surface area contributed by atoms with Crippen molar-refractivity contribution in [1.29, 1.82) is 10.5 Å². The predicted octanol–water partition coefficient (Wildman–Crippen LogP) is 8.20. The van der Waals surface area contributed by atoms with Gasteiger partial charge in [0.25, 0.3) is 0 Å². The molecule has 2 aromatic heterocycles. The monoisotopic (exact) mass is 680 g/mol. The Bertz CT molecular complexity index is 1640. The average Bonchev–Trinajstić information content (AvgIpc) is 2.97. The maximum Gasteiger partial charge on any atom is 0.227 e. The number of hydrogen-bond acceptors (Lipinski definition) is 8. The molecule has 2 heterocycles. The molecule has 0 radical (unpaired) electrons. The first-order valence-electron chi connectivity index (χ1n) is 10.9. The SMILES string of the molecule is Clc1nc(Cl)nc(Cl)n1.N#CC1=C[C+]=C(Br)C=C1.[C-]#[N+]c1ccc(-c2nc(Cl)nc(-c3ccc(C#N)cc3)n2)cc1. The molecule has 0 amide bonds. The fourth-order valence-corrected chi connectivity index (χ4v) is 3.78. The lowest BCUT2D eigenvalue weighted by atomic mass is 10.1. The van der Waals surface area contributed by atoms with Gasteiger partial charge in [0, 0.05) is 11.1 Å². The summed E-state index contributed by atoms with van der Waals surface area (Å²) in [7, 11) is 0. The predicted molar refractivity (Wildman–Crippen MR) is 160 cm³/mol. The summed E-state index contributed by atoms with van der Waals surface area (Å²) in [5.41, 5.74) is 3.23. The molecular weight excluding hydrogens is 672 g/mol. The second kappa shape index (κ2) is 15.5. The van der Waals surface area contributed by atoms with Crippen molar-refractivity contribution in [3.63, 3.8) is 0 Å². The average molecular weight is 683 g/mol. The van der Waals surface area contributed by atoms with Gasteiger partial charge in [-0.3, -0.25) is 0 Å². The molecule has 41 heavy (non-hydrogen) atoms. The lowest BCUT2D eigenvalue weighted by Gasteiger charge is -2.05. The first kappa shape index (κ1) is 31.2. The Morgan fingerprint density at radius 3 is 1.59 bits per heavy atom. The number of halogens is 5. The fraction of sp³-hybridized carbons (Fsp3) is 0. The summed E-state index contributed by atoms with van der Waals surface area (Å²) in [4.78, 5) is 26.4. The summed E-state index contributed by atoms with van der Waals surface area (Å²) in [6, 6.07) is 17.9. The molecule has 0 bridgehead atoms. The van der Waals surface area contributed by atoms with Crippen LogP contribution in [0.25, 0.3) is 27.6 Å². The van der Waals surface area contributed by atoms with Crippen molar-refractivity contribution in [2.75, 3.05) is 0 Å². The molecule has 198 valence electrons. The van der Waals surface area contributed by atoms with Gasteiger partial charge in [-0.05, 0) is 86.6 Å². The Kier molecular flexibility index (Phi) is 11.8. The fourth-order valence-electron chi connectivity index (χ4n) is 2.77. The number of allylic oxidation sites excluding steroid dienone is 6. The van der Waals surface area contributed by atoms with E-state index in [-0.39, 0.29) is 21.1 Å². The summed E-state index contributed by atoms with van der Waals surface area (Å²) in [5.74, 6) is 0.861. The summed E-state index contributed by atoms with van der Waals surface area (Å²) in [6.07, 6.45) is 8.01. The van der Waals surface area contributed by atoms with Crippen molar-refractivity contribution >= 4 is 68.0 Å². The van der Waals surface area contributed by atoms with Crippen molar-refractivity contribution in [2.45, 2.75) is 0 Å². The summed E-state index contributed by atoms with van der Waals surface area (Å²) < 4.78 is 0.876. The number of aromatic nitrogens is 6. The minimum atomic E-state index is 0.000000000000000444. The zero-order valence-corrected chi connectivity index (χ0v) is 24.9. The maximum absolute atomic E-state index is 8.85. The molecule has 0 unspecified atom stereocenters. The molecule has 5 rings (SSSR count). The van der Waals surface area contributed by atoms with E-state index in [1.807, 2.05) is 6.07 Å². The van der Waals surface area contributed by atoms with Gasteiger partial charge < -0.3 is 0 Å². The van der Waals surface area contributed by atoms with Gasteiger partial charge in [0.1, 0.15) is 6.08 Å². The zero-order chi connectivity index (χ0) is 29.8. The van der Waals surface area contributed by atoms with E-state index in [0.29, 0.717) is 28.5 Å².